The van der Waals surface area contributed by atoms with Crippen molar-refractivity contribution in [2.75, 3.05) is 6.26 Å². The Kier molecular flexibility index (Phi) is 4.74. The zero-order valence-corrected chi connectivity index (χ0v) is 12.7. The van der Waals surface area contributed by atoms with E-state index >= 15 is 0 Å². The Balaban J connectivity index is 2.24. The molecule has 0 aliphatic heterocycles. The maximum absolute atomic E-state index is 12.5. The van der Waals surface area contributed by atoms with Crippen LogP contribution in [0.25, 0.3) is 0 Å². The molecular weight excluding hydrogens is 331 g/mol. The van der Waals surface area contributed by atoms with Crippen molar-refractivity contribution in [2.24, 2.45) is 4.36 Å². The summed E-state index contributed by atoms with van der Waals surface area (Å²) in [7, 11) is -2.93. The van der Waals surface area contributed by atoms with Gasteiger partial charge < -0.3 is 4.74 Å². The van der Waals surface area contributed by atoms with E-state index < -0.39 is 27.7 Å². The molecule has 122 valence electrons. The second-order valence-electron chi connectivity index (χ2n) is 4.58. The Morgan fingerprint density at radius 3 is 2.13 bits per heavy atom. The van der Waals surface area contributed by atoms with Gasteiger partial charge in [0.05, 0.1) is 9.73 Å². The van der Waals surface area contributed by atoms with Crippen LogP contribution in [0.4, 0.5) is 13.2 Å². The van der Waals surface area contributed by atoms with E-state index in [1.165, 1.54) is 6.26 Å². The Labute approximate surface area is 131 Å². The van der Waals surface area contributed by atoms with Crippen molar-refractivity contribution in [3.8, 4) is 5.75 Å². The Hall–Kier alpha value is -2.35. The summed E-state index contributed by atoms with van der Waals surface area (Å²) in [6.45, 7) is 0. The van der Waals surface area contributed by atoms with Crippen LogP contribution in [0, 0.1) is 0 Å². The normalized spacial score (nSPS) is 13.9. The number of nitrogens with zero attached hydrogens (tertiary/aromatic N) is 1. The molecule has 2 aromatic carbocycles. The molecule has 1 atom stereocenters. The highest BCUT2D eigenvalue weighted by atomic mass is 32.2. The van der Waals surface area contributed by atoms with Gasteiger partial charge in [0, 0.05) is 16.7 Å². The lowest BCUT2D eigenvalue weighted by molar-refractivity contribution is -0.274. The van der Waals surface area contributed by atoms with E-state index in [9.17, 15) is 22.2 Å². The average Bonchev–Trinajstić information content (AvgIpc) is 2.47. The second kappa shape index (κ2) is 6.41. The molecule has 0 saturated carbocycles. The van der Waals surface area contributed by atoms with E-state index in [1.807, 2.05) is 0 Å². The second-order valence-corrected chi connectivity index (χ2v) is 6.84. The zero-order chi connectivity index (χ0) is 17.1. The van der Waals surface area contributed by atoms with Gasteiger partial charge in [-0.2, -0.15) is 4.36 Å². The molecule has 2 aromatic rings. The van der Waals surface area contributed by atoms with Crippen LogP contribution in [-0.4, -0.2) is 22.7 Å². The van der Waals surface area contributed by atoms with Crippen LogP contribution in [0.15, 0.2) is 63.9 Å². The number of halogens is 3. The van der Waals surface area contributed by atoms with Gasteiger partial charge in [0.2, 0.25) is 0 Å². The third kappa shape index (κ3) is 4.82. The van der Waals surface area contributed by atoms with Gasteiger partial charge in [-0.15, -0.1) is 13.2 Å². The van der Waals surface area contributed by atoms with Gasteiger partial charge in [0.25, 0.3) is 5.91 Å². The first-order valence-corrected chi connectivity index (χ1v) is 8.27. The highest BCUT2D eigenvalue weighted by molar-refractivity contribution is 7.93. The fraction of sp³-hybridized carbons (Fsp3) is 0.133. The molecule has 0 aliphatic carbocycles. The maximum atomic E-state index is 12.5. The molecule has 0 spiro atoms. The molecule has 0 N–H and O–H groups in total. The fourth-order valence-electron chi connectivity index (χ4n) is 1.74. The number of amides is 1. The van der Waals surface area contributed by atoms with Crippen molar-refractivity contribution in [3.05, 3.63) is 60.2 Å². The van der Waals surface area contributed by atoms with E-state index in [2.05, 4.69) is 9.10 Å². The van der Waals surface area contributed by atoms with Crippen molar-refractivity contribution in [1.82, 2.24) is 0 Å². The van der Waals surface area contributed by atoms with E-state index in [0.717, 1.165) is 24.3 Å². The molecule has 4 nitrogen and oxygen atoms in total. The van der Waals surface area contributed by atoms with Crippen LogP contribution < -0.4 is 4.74 Å². The number of rotatable bonds is 3. The minimum absolute atomic E-state index is 0.0185. The minimum atomic E-state index is -4.80. The number of hydrogen-bond acceptors (Lipinski definition) is 3. The third-order valence-electron chi connectivity index (χ3n) is 2.77. The summed E-state index contributed by atoms with van der Waals surface area (Å²) in [6, 6.07) is 12.5. The molecule has 0 aromatic heterocycles. The molecule has 8 heteroatoms. The highest BCUT2D eigenvalue weighted by Gasteiger charge is 2.31. The first kappa shape index (κ1) is 17.0. The predicted molar refractivity (Wildman–Crippen MR) is 78.7 cm³/mol. The molecule has 0 aliphatic rings. The number of ether oxygens (including phenoxy) is 1. The molecule has 0 radical (unpaired) electrons. The Morgan fingerprint density at radius 2 is 1.61 bits per heavy atom. The van der Waals surface area contributed by atoms with E-state index in [1.54, 1.807) is 30.3 Å². The van der Waals surface area contributed by atoms with Gasteiger partial charge in [-0.1, -0.05) is 18.2 Å². The summed E-state index contributed by atoms with van der Waals surface area (Å²) in [5.74, 6) is -1.23. The van der Waals surface area contributed by atoms with Gasteiger partial charge in [-0.05, 0) is 36.4 Å². The van der Waals surface area contributed by atoms with Crippen LogP contribution >= 0.6 is 0 Å². The molecular formula is C15H12F3NO3S. The molecule has 1 amide bonds. The summed E-state index contributed by atoms with van der Waals surface area (Å²) in [6.07, 6.45) is -3.48. The fourth-order valence-corrected chi connectivity index (χ4v) is 2.93. The average molecular weight is 343 g/mol. The topological polar surface area (TPSA) is 55.7 Å². The van der Waals surface area contributed by atoms with Gasteiger partial charge >= 0.3 is 6.36 Å². The minimum Gasteiger partial charge on any atom is -0.406 e. The quantitative estimate of drug-likeness (QED) is 0.850. The van der Waals surface area contributed by atoms with Crippen LogP contribution in [0.1, 0.15) is 10.4 Å². The van der Waals surface area contributed by atoms with Crippen LogP contribution in [-0.2, 0) is 9.73 Å². The van der Waals surface area contributed by atoms with Crippen LogP contribution in [0.5, 0.6) is 5.75 Å². The smallest absolute Gasteiger partial charge is 0.406 e. The van der Waals surface area contributed by atoms with Crippen molar-refractivity contribution in [1.29, 1.82) is 0 Å². The van der Waals surface area contributed by atoms with Gasteiger partial charge in [0.1, 0.15) is 5.75 Å². The number of hydrogen-bond donors (Lipinski definition) is 0. The lowest BCUT2D eigenvalue weighted by Gasteiger charge is -2.08. The number of carbonyl (C=O) groups is 1. The van der Waals surface area contributed by atoms with Crippen molar-refractivity contribution >= 4 is 15.6 Å². The molecule has 1 unspecified atom stereocenters. The molecule has 2 rings (SSSR count). The van der Waals surface area contributed by atoms with Gasteiger partial charge in [-0.25, -0.2) is 4.21 Å². The van der Waals surface area contributed by atoms with E-state index in [4.69, 9.17) is 0 Å². The van der Waals surface area contributed by atoms with E-state index in [-0.39, 0.29) is 5.56 Å². The maximum Gasteiger partial charge on any atom is 0.573 e. The molecule has 0 bridgehead atoms. The number of carbonyl (C=O) groups excluding carboxylic acids is 1. The van der Waals surface area contributed by atoms with Crippen LogP contribution in [0.2, 0.25) is 0 Å². The Morgan fingerprint density at radius 1 is 1.04 bits per heavy atom. The summed E-state index contributed by atoms with van der Waals surface area (Å²) >= 11 is 0. The van der Waals surface area contributed by atoms with Gasteiger partial charge in [0.15, 0.2) is 0 Å². The Bertz CT molecular complexity index is 808. The van der Waals surface area contributed by atoms with E-state index in [0.29, 0.717) is 4.90 Å². The van der Waals surface area contributed by atoms with Crippen molar-refractivity contribution in [3.63, 3.8) is 0 Å². The summed E-state index contributed by atoms with van der Waals surface area (Å²) in [5.41, 5.74) is 0.0185. The molecule has 0 heterocycles. The number of benzene rings is 2. The highest BCUT2D eigenvalue weighted by Crippen LogP contribution is 2.23. The molecule has 0 saturated heterocycles. The SMILES string of the molecule is CS(=O)(=NC(=O)c1ccc(OC(F)(F)F)cc1)c1ccccc1. The standard InChI is InChI=1S/C15H12F3NO3S/c1-23(21,13-5-3-2-4-6-13)19-14(20)11-7-9-12(10-8-11)22-15(16,17)18/h2-10H,1H3. The zero-order valence-electron chi connectivity index (χ0n) is 11.9. The summed E-state index contributed by atoms with van der Waals surface area (Å²) in [5, 5.41) is 0. The van der Waals surface area contributed by atoms with Crippen molar-refractivity contribution in [2.45, 2.75) is 11.3 Å². The van der Waals surface area contributed by atoms with Crippen molar-refractivity contribution < 1.29 is 26.9 Å². The number of alkyl halides is 3. The third-order valence-corrected chi connectivity index (χ3v) is 4.43. The lowest BCUT2D eigenvalue weighted by Crippen LogP contribution is -2.17. The summed E-state index contributed by atoms with van der Waals surface area (Å²) < 4.78 is 56.0. The lowest BCUT2D eigenvalue weighted by atomic mass is 10.2. The summed E-state index contributed by atoms with van der Waals surface area (Å²) in [4.78, 5) is 12.4. The largest absolute Gasteiger partial charge is 0.573 e. The predicted octanol–water partition coefficient (Wildman–Crippen LogP) is 3.88. The molecule has 23 heavy (non-hydrogen) atoms. The van der Waals surface area contributed by atoms with Crippen LogP contribution in [0.3, 0.4) is 0 Å². The van der Waals surface area contributed by atoms with Gasteiger partial charge in [-0.3, -0.25) is 4.79 Å². The first-order valence-electron chi connectivity index (χ1n) is 6.35. The molecule has 0 fully saturated rings. The first-order chi connectivity index (χ1) is 10.7. The monoisotopic (exact) mass is 343 g/mol.